The molecule has 0 aliphatic heterocycles. The molecule has 0 bridgehead atoms. The average Bonchev–Trinajstić information content (AvgIpc) is 2.49. The molecule has 0 aliphatic rings. The molecule has 1 aromatic carbocycles. The maximum atomic E-state index is 9.26. The van der Waals surface area contributed by atoms with Crippen molar-refractivity contribution in [1.82, 2.24) is 4.98 Å². The Morgan fingerprint density at radius 1 is 0.909 bits per heavy atom. The van der Waals surface area contributed by atoms with Crippen molar-refractivity contribution in [1.29, 1.82) is 10.5 Å². The first-order valence-electron chi connectivity index (χ1n) is 5.49. The smallest absolute Gasteiger partial charge is 0.152 e. The number of anilines is 2. The van der Waals surface area contributed by atoms with Crippen LogP contribution in [0.4, 0.5) is 11.4 Å². The van der Waals surface area contributed by atoms with Gasteiger partial charge in [-0.1, -0.05) is 58.0 Å². The summed E-state index contributed by atoms with van der Waals surface area (Å²) in [5.41, 5.74) is 0.323. The van der Waals surface area contributed by atoms with Gasteiger partial charge >= 0.3 is 0 Å². The van der Waals surface area contributed by atoms with Crippen LogP contribution in [0.25, 0.3) is 0 Å². The summed E-state index contributed by atoms with van der Waals surface area (Å²) in [5, 5.41) is 21.4. The van der Waals surface area contributed by atoms with Gasteiger partial charge in [-0.15, -0.1) is 0 Å². The Labute approximate surface area is 150 Å². The van der Waals surface area contributed by atoms with Crippen LogP contribution in [0, 0.1) is 22.7 Å². The summed E-state index contributed by atoms with van der Waals surface area (Å²) in [6.07, 6.45) is 1.36. The number of rotatable bonds is 2. The summed E-state index contributed by atoms with van der Waals surface area (Å²) in [7, 11) is 0. The van der Waals surface area contributed by atoms with Gasteiger partial charge in [-0.25, -0.2) is 4.98 Å². The van der Waals surface area contributed by atoms with Crippen LogP contribution >= 0.6 is 58.0 Å². The van der Waals surface area contributed by atoms with Crippen LogP contribution in [0.3, 0.4) is 0 Å². The van der Waals surface area contributed by atoms with Crippen molar-refractivity contribution in [2.75, 3.05) is 5.32 Å². The van der Waals surface area contributed by atoms with Crippen molar-refractivity contribution in [3.63, 3.8) is 0 Å². The standard InChI is InChI=1S/C13H3Cl5N4/c14-5-1-8(13(18)21-4-5)22-12-7(3-20)10(16)9(15)6(2-19)11(12)17/h1,4,22H. The molecule has 4 nitrogen and oxygen atoms in total. The van der Waals surface area contributed by atoms with Crippen molar-refractivity contribution in [3.8, 4) is 12.1 Å². The van der Waals surface area contributed by atoms with E-state index in [9.17, 15) is 5.26 Å². The number of aromatic nitrogens is 1. The van der Waals surface area contributed by atoms with Crippen molar-refractivity contribution < 1.29 is 0 Å². The molecule has 1 aromatic heterocycles. The molecule has 110 valence electrons. The van der Waals surface area contributed by atoms with E-state index >= 15 is 0 Å². The predicted molar refractivity (Wildman–Crippen MR) is 88.4 cm³/mol. The maximum Gasteiger partial charge on any atom is 0.152 e. The number of hydrogen-bond donors (Lipinski definition) is 1. The first-order valence-corrected chi connectivity index (χ1v) is 7.38. The van der Waals surface area contributed by atoms with Crippen LogP contribution in [0.2, 0.25) is 25.2 Å². The molecule has 9 heteroatoms. The zero-order chi connectivity index (χ0) is 16.4. The third-order valence-electron chi connectivity index (χ3n) is 2.61. The average molecular weight is 392 g/mol. The quantitative estimate of drug-likeness (QED) is 0.515. The minimum absolute atomic E-state index is 0.0216. The molecule has 0 fully saturated rings. The third kappa shape index (κ3) is 3.03. The van der Waals surface area contributed by atoms with Gasteiger partial charge in [0.25, 0.3) is 0 Å². The normalized spacial score (nSPS) is 9.95. The van der Waals surface area contributed by atoms with E-state index in [0.29, 0.717) is 10.7 Å². The molecule has 1 N–H and O–H groups in total. The number of nitriles is 2. The van der Waals surface area contributed by atoms with E-state index < -0.39 is 0 Å². The van der Waals surface area contributed by atoms with Gasteiger partial charge < -0.3 is 5.32 Å². The molecule has 0 unspecified atom stereocenters. The van der Waals surface area contributed by atoms with Crippen LogP contribution in [0.15, 0.2) is 12.3 Å². The molecule has 0 saturated heterocycles. The summed E-state index contributed by atoms with van der Waals surface area (Å²) < 4.78 is 0. The Morgan fingerprint density at radius 3 is 2.09 bits per heavy atom. The third-order valence-corrected chi connectivity index (χ3v) is 4.35. The molecular formula is C13H3Cl5N4. The predicted octanol–water partition coefficient (Wildman–Crippen LogP) is 5.84. The van der Waals surface area contributed by atoms with Gasteiger partial charge in [0.15, 0.2) is 5.15 Å². The summed E-state index contributed by atoms with van der Waals surface area (Å²) in [5.74, 6) is 0. The zero-order valence-corrected chi connectivity index (χ0v) is 14.2. The van der Waals surface area contributed by atoms with E-state index in [-0.39, 0.29) is 37.0 Å². The van der Waals surface area contributed by atoms with Crippen LogP contribution in [0.5, 0.6) is 0 Å². The lowest BCUT2D eigenvalue weighted by Crippen LogP contribution is -2.00. The lowest BCUT2D eigenvalue weighted by molar-refractivity contribution is 1.32. The first kappa shape index (κ1) is 17.0. The number of pyridine rings is 1. The fourth-order valence-electron chi connectivity index (χ4n) is 1.63. The molecule has 2 aromatic rings. The van der Waals surface area contributed by atoms with E-state index in [2.05, 4.69) is 10.3 Å². The molecule has 0 radical (unpaired) electrons. The summed E-state index contributed by atoms with van der Waals surface area (Å²) >= 11 is 29.9. The Hall–Kier alpha value is -1.40. The molecule has 0 saturated carbocycles. The molecule has 2 rings (SSSR count). The van der Waals surface area contributed by atoms with Gasteiger partial charge in [-0.3, -0.25) is 0 Å². The van der Waals surface area contributed by atoms with Crippen LogP contribution < -0.4 is 5.32 Å². The fraction of sp³-hybridized carbons (Fsp3) is 0. The zero-order valence-electron chi connectivity index (χ0n) is 10.4. The molecule has 0 amide bonds. The molecule has 1 heterocycles. The highest BCUT2D eigenvalue weighted by atomic mass is 35.5. The highest BCUT2D eigenvalue weighted by Crippen LogP contribution is 2.42. The van der Waals surface area contributed by atoms with Gasteiger partial charge in [-0.2, -0.15) is 10.5 Å². The maximum absolute atomic E-state index is 9.26. The second kappa shape index (κ2) is 6.79. The summed E-state index contributed by atoms with van der Waals surface area (Å²) in [4.78, 5) is 3.86. The van der Waals surface area contributed by atoms with Crippen molar-refractivity contribution >= 4 is 69.4 Å². The number of nitrogens with one attached hydrogen (secondary N) is 1. The second-order valence-electron chi connectivity index (χ2n) is 3.91. The number of halogens is 5. The van der Waals surface area contributed by atoms with Crippen molar-refractivity contribution in [2.45, 2.75) is 0 Å². The van der Waals surface area contributed by atoms with E-state index in [0.717, 1.165) is 0 Å². The Balaban J connectivity index is 2.71. The molecule has 0 aliphatic carbocycles. The van der Waals surface area contributed by atoms with E-state index in [1.54, 1.807) is 0 Å². The summed E-state index contributed by atoms with van der Waals surface area (Å²) in [6.45, 7) is 0. The van der Waals surface area contributed by atoms with Gasteiger partial charge in [0, 0.05) is 6.20 Å². The Morgan fingerprint density at radius 2 is 1.50 bits per heavy atom. The van der Waals surface area contributed by atoms with Crippen LogP contribution in [-0.2, 0) is 0 Å². The molecule has 0 spiro atoms. The fourth-order valence-corrected chi connectivity index (χ4v) is 2.72. The van der Waals surface area contributed by atoms with Gasteiger partial charge in [-0.05, 0) is 6.07 Å². The molecule has 0 atom stereocenters. The largest absolute Gasteiger partial charge is 0.351 e. The Kier molecular flexibility index (Phi) is 5.24. The van der Waals surface area contributed by atoms with Gasteiger partial charge in [0.05, 0.1) is 42.6 Å². The number of benzene rings is 1. The number of nitrogens with zero attached hydrogens (tertiary/aromatic N) is 3. The molecule has 22 heavy (non-hydrogen) atoms. The lowest BCUT2D eigenvalue weighted by atomic mass is 10.1. The van der Waals surface area contributed by atoms with E-state index in [1.807, 2.05) is 12.1 Å². The van der Waals surface area contributed by atoms with Crippen molar-refractivity contribution in [2.24, 2.45) is 0 Å². The monoisotopic (exact) mass is 390 g/mol. The van der Waals surface area contributed by atoms with E-state index in [1.165, 1.54) is 12.3 Å². The van der Waals surface area contributed by atoms with Crippen LogP contribution in [0.1, 0.15) is 11.1 Å². The summed E-state index contributed by atoms with van der Waals surface area (Å²) in [6, 6.07) is 5.21. The van der Waals surface area contributed by atoms with Crippen molar-refractivity contribution in [3.05, 3.63) is 48.6 Å². The number of hydrogen-bond acceptors (Lipinski definition) is 4. The SMILES string of the molecule is N#Cc1c(Cl)c(Cl)c(C#N)c(Nc2cc(Cl)cnc2Cl)c1Cl. The van der Waals surface area contributed by atoms with Crippen LogP contribution in [-0.4, -0.2) is 4.98 Å². The minimum atomic E-state index is -0.0911. The Bertz CT molecular complexity index is 851. The second-order valence-corrected chi connectivity index (χ2v) is 5.84. The van der Waals surface area contributed by atoms with Gasteiger partial charge in [0.1, 0.15) is 12.1 Å². The molecular weight excluding hydrogens is 389 g/mol. The first-order chi connectivity index (χ1) is 10.4. The topological polar surface area (TPSA) is 72.5 Å². The highest BCUT2D eigenvalue weighted by Gasteiger charge is 2.22. The van der Waals surface area contributed by atoms with Gasteiger partial charge in [0.2, 0.25) is 0 Å². The minimum Gasteiger partial charge on any atom is -0.351 e. The van der Waals surface area contributed by atoms with E-state index in [4.69, 9.17) is 63.3 Å². The lowest BCUT2D eigenvalue weighted by Gasteiger charge is -2.14. The highest BCUT2D eigenvalue weighted by molar-refractivity contribution is 6.46.